The summed E-state index contributed by atoms with van der Waals surface area (Å²) in [6.45, 7) is 1.37. The van der Waals surface area contributed by atoms with E-state index in [1.54, 1.807) is 0 Å². The summed E-state index contributed by atoms with van der Waals surface area (Å²) in [7, 11) is -3.66. The molecule has 0 aromatic rings. The molecule has 45 valence electrons. The summed E-state index contributed by atoms with van der Waals surface area (Å²) in [4.78, 5) is 0. The average Bonchev–Trinajstić information content (AvgIpc) is 1.35. The van der Waals surface area contributed by atoms with E-state index in [1.807, 2.05) is 0 Å². The first-order chi connectivity index (χ1) is 2.56. The van der Waals surface area contributed by atoms with E-state index in [-0.39, 0.29) is 22.8 Å². The Labute approximate surface area is 53.3 Å². The van der Waals surface area contributed by atoms with Crippen molar-refractivity contribution in [3.63, 3.8) is 0 Å². The molecule has 0 aliphatic heterocycles. The van der Waals surface area contributed by atoms with Gasteiger partial charge in [0.15, 0.2) is 0 Å². The van der Waals surface area contributed by atoms with Crippen LogP contribution >= 0.6 is 0 Å². The molecular formula is C2H6MnO3S. The maximum absolute atomic E-state index is 9.56. The van der Waals surface area contributed by atoms with Crippen molar-refractivity contribution in [1.82, 2.24) is 0 Å². The first-order valence-corrected chi connectivity index (χ1v) is 3.12. The van der Waals surface area contributed by atoms with Crippen molar-refractivity contribution in [2.45, 2.75) is 6.92 Å². The van der Waals surface area contributed by atoms with Gasteiger partial charge in [0.25, 0.3) is 10.1 Å². The van der Waals surface area contributed by atoms with Crippen molar-refractivity contribution >= 4 is 10.1 Å². The maximum atomic E-state index is 9.56. The zero-order chi connectivity index (χ0) is 5.21. The van der Waals surface area contributed by atoms with Crippen LogP contribution in [-0.2, 0) is 27.2 Å². The van der Waals surface area contributed by atoms with Crippen LogP contribution in [0, 0.1) is 0 Å². The molecule has 0 aliphatic rings. The summed E-state index contributed by atoms with van der Waals surface area (Å²) in [5.74, 6) is -0.201. The summed E-state index contributed by atoms with van der Waals surface area (Å²) in [6.07, 6.45) is 0. The fourth-order valence-electron chi connectivity index (χ4n) is 0. The van der Waals surface area contributed by atoms with Crippen LogP contribution in [-0.4, -0.2) is 18.7 Å². The third-order valence-corrected chi connectivity index (χ3v) is 1.09. The molecule has 7 heavy (non-hydrogen) atoms. The van der Waals surface area contributed by atoms with Crippen molar-refractivity contribution < 1.29 is 30.0 Å². The molecule has 0 unspecified atom stereocenters. The normalized spacial score (nSPS) is 10.0. The van der Waals surface area contributed by atoms with Gasteiger partial charge in [0.05, 0.1) is 5.75 Å². The predicted octanol–water partition coefficient (Wildman–Crippen LogP) is -0.108. The second-order valence-electron chi connectivity index (χ2n) is 0.871. The molecule has 5 heteroatoms. The number of hydrogen-bond acceptors (Lipinski definition) is 2. The van der Waals surface area contributed by atoms with Gasteiger partial charge in [-0.3, -0.25) is 4.55 Å². The first kappa shape index (κ1) is 10.4. The second-order valence-corrected chi connectivity index (χ2v) is 2.61. The van der Waals surface area contributed by atoms with Crippen molar-refractivity contribution in [2.24, 2.45) is 0 Å². The van der Waals surface area contributed by atoms with E-state index in [1.165, 1.54) is 6.92 Å². The summed E-state index contributed by atoms with van der Waals surface area (Å²) >= 11 is 0. The molecule has 0 rings (SSSR count). The van der Waals surface area contributed by atoms with Crippen LogP contribution in [0.15, 0.2) is 0 Å². The van der Waals surface area contributed by atoms with Crippen molar-refractivity contribution in [2.75, 3.05) is 5.75 Å². The zero-order valence-corrected chi connectivity index (χ0v) is 5.75. The van der Waals surface area contributed by atoms with E-state index in [4.69, 9.17) is 4.55 Å². The van der Waals surface area contributed by atoms with E-state index in [2.05, 4.69) is 0 Å². The Morgan fingerprint density at radius 3 is 1.71 bits per heavy atom. The Balaban J connectivity index is 0. The summed E-state index contributed by atoms with van der Waals surface area (Å²) in [5.41, 5.74) is 0. The smallest absolute Gasteiger partial charge is 0.264 e. The van der Waals surface area contributed by atoms with E-state index in [0.717, 1.165) is 0 Å². The standard InChI is InChI=1S/C2H6O3S.Mn/c1-2-6(3,4)5;/h2H2,1H3,(H,3,4,5);. The molecule has 0 aromatic heterocycles. The van der Waals surface area contributed by atoms with E-state index >= 15 is 0 Å². The summed E-state index contributed by atoms with van der Waals surface area (Å²) in [5, 5.41) is 0. The van der Waals surface area contributed by atoms with Gasteiger partial charge in [-0.25, -0.2) is 0 Å². The Morgan fingerprint density at radius 2 is 1.71 bits per heavy atom. The van der Waals surface area contributed by atoms with E-state index < -0.39 is 10.1 Å². The summed E-state index contributed by atoms with van der Waals surface area (Å²) < 4.78 is 26.9. The molecule has 0 saturated heterocycles. The molecule has 1 radical (unpaired) electrons. The van der Waals surface area contributed by atoms with Gasteiger partial charge in [0, 0.05) is 17.1 Å². The quantitative estimate of drug-likeness (QED) is 0.435. The van der Waals surface area contributed by atoms with Crippen LogP contribution in [0.4, 0.5) is 0 Å². The van der Waals surface area contributed by atoms with Crippen molar-refractivity contribution in [1.29, 1.82) is 0 Å². The molecule has 0 atom stereocenters. The molecule has 0 heterocycles. The Hall–Kier alpha value is 0.429. The summed E-state index contributed by atoms with van der Waals surface area (Å²) in [6, 6.07) is 0. The van der Waals surface area contributed by atoms with Crippen LogP contribution in [0.2, 0.25) is 0 Å². The minimum atomic E-state index is -3.66. The fourth-order valence-corrected chi connectivity index (χ4v) is 0. The van der Waals surface area contributed by atoms with Gasteiger partial charge in [0.2, 0.25) is 0 Å². The van der Waals surface area contributed by atoms with Gasteiger partial charge >= 0.3 is 0 Å². The molecule has 0 amide bonds. The molecule has 0 aliphatic carbocycles. The third-order valence-electron chi connectivity index (χ3n) is 0.365. The van der Waals surface area contributed by atoms with Crippen molar-refractivity contribution in [3.05, 3.63) is 0 Å². The minimum Gasteiger partial charge on any atom is -0.286 e. The third kappa shape index (κ3) is 10.7. The fraction of sp³-hybridized carbons (Fsp3) is 1.00. The minimum absolute atomic E-state index is 0. The molecular weight excluding hydrogens is 159 g/mol. The van der Waals surface area contributed by atoms with Gasteiger partial charge in [-0.05, 0) is 6.92 Å². The van der Waals surface area contributed by atoms with Gasteiger partial charge in [-0.2, -0.15) is 8.42 Å². The molecule has 1 N–H and O–H groups in total. The zero-order valence-electron chi connectivity index (χ0n) is 3.76. The Bertz CT molecular complexity index is 115. The number of hydrogen-bond donors (Lipinski definition) is 1. The van der Waals surface area contributed by atoms with Crippen LogP contribution in [0.1, 0.15) is 6.92 Å². The largest absolute Gasteiger partial charge is 0.286 e. The van der Waals surface area contributed by atoms with Crippen LogP contribution in [0.3, 0.4) is 0 Å². The molecule has 0 saturated carbocycles. The van der Waals surface area contributed by atoms with Crippen LogP contribution < -0.4 is 0 Å². The number of rotatable bonds is 1. The molecule has 3 nitrogen and oxygen atoms in total. The van der Waals surface area contributed by atoms with E-state index in [0.29, 0.717) is 0 Å². The predicted molar refractivity (Wildman–Crippen MR) is 22.1 cm³/mol. The Morgan fingerprint density at radius 1 is 1.57 bits per heavy atom. The van der Waals surface area contributed by atoms with Crippen molar-refractivity contribution in [3.8, 4) is 0 Å². The maximum Gasteiger partial charge on any atom is 0.264 e. The van der Waals surface area contributed by atoms with Gasteiger partial charge in [-0.15, -0.1) is 0 Å². The van der Waals surface area contributed by atoms with Gasteiger partial charge in [-0.1, -0.05) is 0 Å². The second kappa shape index (κ2) is 3.43. The van der Waals surface area contributed by atoms with E-state index in [9.17, 15) is 8.42 Å². The topological polar surface area (TPSA) is 54.4 Å². The molecule has 0 aromatic carbocycles. The molecule has 0 bridgehead atoms. The SMILES string of the molecule is CCS(=O)(=O)O.[Mn]. The monoisotopic (exact) mass is 165 g/mol. The molecule has 0 fully saturated rings. The first-order valence-electron chi connectivity index (χ1n) is 1.51. The van der Waals surface area contributed by atoms with Crippen LogP contribution in [0.25, 0.3) is 0 Å². The van der Waals surface area contributed by atoms with Gasteiger partial charge in [0.1, 0.15) is 0 Å². The van der Waals surface area contributed by atoms with Crippen LogP contribution in [0.5, 0.6) is 0 Å². The average molecular weight is 165 g/mol. The Kier molecular flexibility index (Phi) is 5.11. The van der Waals surface area contributed by atoms with Gasteiger partial charge < -0.3 is 0 Å². The molecule has 0 spiro atoms.